The zero-order valence-electron chi connectivity index (χ0n) is 16.5. The number of halogens is 3. The molecule has 0 N–H and O–H groups in total. The third-order valence-corrected chi connectivity index (χ3v) is 7.27. The zero-order chi connectivity index (χ0) is 21.8. The summed E-state index contributed by atoms with van der Waals surface area (Å²) in [7, 11) is -3.36. The van der Waals surface area contributed by atoms with Crippen LogP contribution in [0.1, 0.15) is 22.3 Å². The van der Waals surface area contributed by atoms with E-state index in [4.69, 9.17) is 0 Å². The van der Waals surface area contributed by atoms with Crippen LogP contribution in [0.4, 0.5) is 23.7 Å². The lowest BCUT2D eigenvalue weighted by atomic mass is 10.1. The van der Waals surface area contributed by atoms with E-state index >= 15 is 0 Å². The number of carbonyl (C=O) groups is 1. The van der Waals surface area contributed by atoms with Gasteiger partial charge in [-0.1, -0.05) is 18.2 Å². The Morgan fingerprint density at radius 2 is 1.63 bits per heavy atom. The van der Waals surface area contributed by atoms with Gasteiger partial charge in [0.15, 0.2) is 9.84 Å². The third-order valence-electron chi connectivity index (χ3n) is 5.57. The third kappa shape index (κ3) is 3.78. The Bertz CT molecular complexity index is 1090. The molecule has 2 atom stereocenters. The number of aryl methyl sites for hydroxylation is 2. The fraction of sp³-hybridized carbons (Fsp3) is 0.381. The fourth-order valence-electron chi connectivity index (χ4n) is 4.40. The Morgan fingerprint density at radius 3 is 2.27 bits per heavy atom. The van der Waals surface area contributed by atoms with Crippen LogP contribution in [-0.2, 0) is 22.6 Å². The standard InChI is InChI=1S/C21H21F3N2O3S/c1-13-6-14(2)8-17(7-13)26-19-12-30(28,29)11-18(19)25(20(26)27)10-15-4-3-5-16(9-15)21(22,23)24/h3-9,18-19H,10-12H2,1-2H3/t18-,19-/m0/s1. The van der Waals surface area contributed by atoms with Gasteiger partial charge in [-0.3, -0.25) is 4.90 Å². The van der Waals surface area contributed by atoms with E-state index in [1.807, 2.05) is 32.0 Å². The molecule has 2 heterocycles. The van der Waals surface area contributed by atoms with Crippen LogP contribution in [0.3, 0.4) is 0 Å². The lowest BCUT2D eigenvalue weighted by Gasteiger charge is -2.23. The lowest BCUT2D eigenvalue weighted by molar-refractivity contribution is -0.137. The first kappa shape index (κ1) is 20.7. The average Bonchev–Trinajstić information content (AvgIpc) is 3.04. The topological polar surface area (TPSA) is 57.7 Å². The molecule has 2 aliphatic rings. The normalized spacial score (nSPS) is 23.2. The molecule has 2 fully saturated rings. The smallest absolute Gasteiger partial charge is 0.314 e. The van der Waals surface area contributed by atoms with Gasteiger partial charge < -0.3 is 4.90 Å². The molecule has 30 heavy (non-hydrogen) atoms. The molecule has 0 bridgehead atoms. The van der Waals surface area contributed by atoms with Crippen LogP contribution in [-0.4, -0.2) is 42.9 Å². The number of hydrogen-bond acceptors (Lipinski definition) is 3. The highest BCUT2D eigenvalue weighted by molar-refractivity contribution is 7.91. The van der Waals surface area contributed by atoms with Crippen molar-refractivity contribution in [3.8, 4) is 0 Å². The molecule has 2 aliphatic heterocycles. The van der Waals surface area contributed by atoms with E-state index < -0.39 is 33.7 Å². The second-order valence-electron chi connectivity index (χ2n) is 8.04. The molecule has 0 aliphatic carbocycles. The number of nitrogens with zero attached hydrogens (tertiary/aromatic N) is 2. The first-order valence-corrected chi connectivity index (χ1v) is 11.3. The Kier molecular flexibility index (Phi) is 4.84. The molecule has 0 saturated carbocycles. The molecular formula is C21H21F3N2O3S. The largest absolute Gasteiger partial charge is 0.416 e. The Balaban J connectivity index is 1.71. The monoisotopic (exact) mass is 438 g/mol. The molecule has 0 radical (unpaired) electrons. The van der Waals surface area contributed by atoms with Crippen LogP contribution >= 0.6 is 0 Å². The van der Waals surface area contributed by atoms with Crippen molar-refractivity contribution in [1.29, 1.82) is 0 Å². The number of anilines is 1. The van der Waals surface area contributed by atoms with Crippen LogP contribution in [0.5, 0.6) is 0 Å². The minimum absolute atomic E-state index is 0.0826. The maximum atomic E-state index is 13.3. The molecule has 2 aromatic rings. The van der Waals surface area contributed by atoms with Crippen molar-refractivity contribution in [2.75, 3.05) is 16.4 Å². The summed E-state index contributed by atoms with van der Waals surface area (Å²) in [5, 5.41) is 0. The Labute approximate surface area is 173 Å². The summed E-state index contributed by atoms with van der Waals surface area (Å²) < 4.78 is 63.9. The van der Waals surface area contributed by atoms with Gasteiger partial charge in [0.2, 0.25) is 0 Å². The number of benzene rings is 2. The summed E-state index contributed by atoms with van der Waals surface area (Å²) >= 11 is 0. The SMILES string of the molecule is Cc1cc(C)cc(N2C(=O)N(Cc3cccc(C(F)(F)F)c3)[C@H]3CS(=O)(=O)C[C@@H]32)c1. The number of hydrogen-bond donors (Lipinski definition) is 0. The minimum atomic E-state index is -4.49. The zero-order valence-corrected chi connectivity index (χ0v) is 17.3. The van der Waals surface area contributed by atoms with Gasteiger partial charge in [0, 0.05) is 12.2 Å². The number of rotatable bonds is 3. The predicted octanol–water partition coefficient (Wildman–Crippen LogP) is 3.93. The van der Waals surface area contributed by atoms with Gasteiger partial charge in [0.25, 0.3) is 0 Å². The van der Waals surface area contributed by atoms with Crippen molar-refractivity contribution in [2.45, 2.75) is 38.7 Å². The van der Waals surface area contributed by atoms with E-state index in [1.165, 1.54) is 21.9 Å². The highest BCUT2D eigenvalue weighted by Crippen LogP contribution is 2.37. The van der Waals surface area contributed by atoms with Gasteiger partial charge in [-0.2, -0.15) is 13.2 Å². The molecule has 0 aromatic heterocycles. The molecule has 0 unspecified atom stereocenters. The van der Waals surface area contributed by atoms with Gasteiger partial charge in [0.05, 0.1) is 29.2 Å². The molecule has 4 rings (SSSR count). The summed E-state index contributed by atoms with van der Waals surface area (Å²) in [4.78, 5) is 16.2. The van der Waals surface area contributed by atoms with Gasteiger partial charge in [0.1, 0.15) is 0 Å². The summed E-state index contributed by atoms with van der Waals surface area (Å²) in [6.07, 6.45) is -4.49. The molecular weight excluding hydrogens is 417 g/mol. The Hall–Kier alpha value is -2.55. The maximum Gasteiger partial charge on any atom is 0.416 e. The first-order chi connectivity index (χ1) is 13.9. The van der Waals surface area contributed by atoms with Crippen LogP contribution in [0.15, 0.2) is 42.5 Å². The van der Waals surface area contributed by atoms with Crippen molar-refractivity contribution in [3.05, 3.63) is 64.7 Å². The van der Waals surface area contributed by atoms with Crippen molar-refractivity contribution in [1.82, 2.24) is 4.90 Å². The first-order valence-electron chi connectivity index (χ1n) is 9.49. The van der Waals surface area contributed by atoms with Gasteiger partial charge in [-0.25, -0.2) is 13.2 Å². The highest BCUT2D eigenvalue weighted by Gasteiger charge is 2.53. The molecule has 2 saturated heterocycles. The molecule has 160 valence electrons. The fourth-order valence-corrected chi connectivity index (χ4v) is 6.35. The second-order valence-corrected chi connectivity index (χ2v) is 10.2. The van der Waals surface area contributed by atoms with Crippen molar-refractivity contribution < 1.29 is 26.4 Å². The Morgan fingerprint density at radius 1 is 1.00 bits per heavy atom. The van der Waals surface area contributed by atoms with Crippen molar-refractivity contribution >= 4 is 21.6 Å². The van der Waals surface area contributed by atoms with E-state index in [9.17, 15) is 26.4 Å². The van der Waals surface area contributed by atoms with E-state index in [2.05, 4.69) is 0 Å². The van der Waals surface area contributed by atoms with E-state index in [0.717, 1.165) is 23.3 Å². The number of fused-ring (bicyclic) bond motifs is 1. The number of urea groups is 1. The lowest BCUT2D eigenvalue weighted by Crippen LogP contribution is -2.37. The quantitative estimate of drug-likeness (QED) is 0.683. The summed E-state index contributed by atoms with van der Waals surface area (Å²) in [6, 6.07) is 8.83. The number of alkyl halides is 3. The van der Waals surface area contributed by atoms with Gasteiger partial charge in [-0.05, 0) is 54.8 Å². The van der Waals surface area contributed by atoms with Gasteiger partial charge >= 0.3 is 12.2 Å². The van der Waals surface area contributed by atoms with E-state index in [0.29, 0.717) is 11.3 Å². The van der Waals surface area contributed by atoms with Crippen LogP contribution in [0, 0.1) is 13.8 Å². The summed E-state index contributed by atoms with van der Waals surface area (Å²) in [5.74, 6) is -0.348. The predicted molar refractivity (Wildman–Crippen MR) is 107 cm³/mol. The molecule has 5 nitrogen and oxygen atoms in total. The van der Waals surface area contributed by atoms with Crippen LogP contribution in [0.25, 0.3) is 0 Å². The highest BCUT2D eigenvalue weighted by atomic mass is 32.2. The molecule has 0 spiro atoms. The number of amides is 2. The number of sulfone groups is 1. The van der Waals surface area contributed by atoms with E-state index in [1.54, 1.807) is 0 Å². The minimum Gasteiger partial charge on any atom is -0.314 e. The van der Waals surface area contributed by atoms with Crippen LogP contribution < -0.4 is 4.90 Å². The summed E-state index contributed by atoms with van der Waals surface area (Å²) in [6.45, 7) is 3.70. The second kappa shape index (κ2) is 7.01. The van der Waals surface area contributed by atoms with Gasteiger partial charge in [-0.15, -0.1) is 0 Å². The summed E-state index contributed by atoms with van der Waals surface area (Å²) in [5.41, 5.74) is 1.99. The van der Waals surface area contributed by atoms with Crippen molar-refractivity contribution in [3.63, 3.8) is 0 Å². The average molecular weight is 438 g/mol. The van der Waals surface area contributed by atoms with Crippen LogP contribution in [0.2, 0.25) is 0 Å². The number of carbonyl (C=O) groups excluding carboxylic acids is 1. The molecule has 9 heteroatoms. The molecule has 2 amide bonds. The molecule has 2 aromatic carbocycles. The van der Waals surface area contributed by atoms with E-state index in [-0.39, 0.29) is 24.1 Å². The van der Waals surface area contributed by atoms with Crippen molar-refractivity contribution in [2.24, 2.45) is 0 Å². The maximum absolute atomic E-state index is 13.3.